The average molecular weight is 203 g/mol. The van der Waals surface area contributed by atoms with Crippen LogP contribution >= 0.6 is 0 Å². The van der Waals surface area contributed by atoms with Crippen molar-refractivity contribution in [2.24, 2.45) is 0 Å². The highest BCUT2D eigenvalue weighted by atomic mass is 35.5. The van der Waals surface area contributed by atoms with Gasteiger partial charge in [-0.3, -0.25) is 0 Å². The van der Waals surface area contributed by atoms with Crippen LogP contribution in [-0.4, -0.2) is 15.0 Å². The van der Waals surface area contributed by atoms with Gasteiger partial charge in [0.1, 0.15) is 12.2 Å². The highest BCUT2D eigenvalue weighted by molar-refractivity contribution is 4.88. The molecule has 0 saturated heterocycles. The Labute approximate surface area is 71.9 Å². The minimum absolute atomic E-state index is 0. The van der Waals surface area contributed by atoms with Crippen LogP contribution in [0, 0.1) is 0 Å². The molecule has 0 bridgehead atoms. The van der Waals surface area contributed by atoms with E-state index >= 15 is 0 Å². The van der Waals surface area contributed by atoms with Crippen LogP contribution in [0.5, 0.6) is 0 Å². The molecule has 0 aromatic carbocycles. The maximum Gasteiger partial charge on any atom is 0.505 e. The van der Waals surface area contributed by atoms with Crippen molar-refractivity contribution >= 4 is 0 Å². The summed E-state index contributed by atoms with van der Waals surface area (Å²) in [6, 6.07) is 0. The van der Waals surface area contributed by atoms with Gasteiger partial charge in [-0.05, 0) is 0 Å². The molecular formula is C4H6ClF3N4. The summed E-state index contributed by atoms with van der Waals surface area (Å²) in [6.07, 6.45) is -3.66. The van der Waals surface area contributed by atoms with Crippen molar-refractivity contribution in [3.63, 3.8) is 0 Å². The predicted molar refractivity (Wildman–Crippen MR) is 27.9 cm³/mol. The molecule has 0 aliphatic carbocycles. The highest BCUT2D eigenvalue weighted by Crippen LogP contribution is 2.19. The van der Waals surface area contributed by atoms with E-state index in [1.54, 1.807) is 0 Å². The van der Waals surface area contributed by atoms with Crippen molar-refractivity contribution in [2.45, 2.75) is 12.8 Å². The van der Waals surface area contributed by atoms with Gasteiger partial charge in [-0.25, -0.2) is 0 Å². The summed E-state index contributed by atoms with van der Waals surface area (Å²) in [7, 11) is 0. The van der Waals surface area contributed by atoms with Crippen molar-refractivity contribution < 1.29 is 31.3 Å². The molecule has 70 valence electrons. The third-order valence-corrected chi connectivity index (χ3v) is 1.06. The lowest BCUT2D eigenvalue weighted by Crippen LogP contribution is -3.00. The smallest absolute Gasteiger partial charge is 0.505 e. The first kappa shape index (κ1) is 11.2. The second kappa shape index (κ2) is 3.72. The molecule has 0 saturated carbocycles. The normalized spacial score (nSPS) is 11.0. The summed E-state index contributed by atoms with van der Waals surface area (Å²) >= 11 is 0. The van der Waals surface area contributed by atoms with Crippen molar-refractivity contribution in [2.75, 3.05) is 0 Å². The second-order valence-corrected chi connectivity index (χ2v) is 1.87. The fraction of sp³-hybridized carbons (Fsp3) is 0.500. The topological polar surface area (TPSA) is 58.4 Å². The van der Waals surface area contributed by atoms with Crippen molar-refractivity contribution in [1.29, 1.82) is 0 Å². The maximum atomic E-state index is 11.8. The van der Waals surface area contributed by atoms with Gasteiger partial charge in [0.25, 0.3) is 0 Å². The van der Waals surface area contributed by atoms with E-state index in [9.17, 15) is 13.2 Å². The third-order valence-electron chi connectivity index (χ3n) is 1.06. The van der Waals surface area contributed by atoms with Crippen LogP contribution in [0.4, 0.5) is 13.2 Å². The molecule has 0 amide bonds. The fourth-order valence-corrected chi connectivity index (χ4v) is 0.537. The van der Waals surface area contributed by atoms with Crippen molar-refractivity contribution in [1.82, 2.24) is 15.0 Å². The Kier molecular flexibility index (Phi) is 3.47. The number of nitrogens with zero attached hydrogens (tertiary/aromatic N) is 3. The van der Waals surface area contributed by atoms with Gasteiger partial charge in [0, 0.05) is 0 Å². The molecule has 0 unspecified atom stereocenters. The van der Waals surface area contributed by atoms with Gasteiger partial charge in [0.15, 0.2) is 0 Å². The molecule has 8 heteroatoms. The number of halogens is 4. The molecule has 1 rings (SSSR count). The van der Waals surface area contributed by atoms with Gasteiger partial charge >= 0.3 is 6.30 Å². The average Bonchev–Trinajstić information content (AvgIpc) is 2.32. The lowest BCUT2D eigenvalue weighted by atomic mass is 10.5. The standard InChI is InChI=1S/C4H5F3N4.ClH/c5-4(6,7)11-2-3(1-8)9-10-11;/h2H,1,8H2;1H. The van der Waals surface area contributed by atoms with E-state index in [0.29, 0.717) is 0 Å². The molecule has 1 aromatic rings. The molecule has 12 heavy (non-hydrogen) atoms. The number of aromatic nitrogens is 3. The number of hydrogen-bond donors (Lipinski definition) is 1. The minimum Gasteiger partial charge on any atom is -1.00 e. The molecule has 0 spiro atoms. The maximum absolute atomic E-state index is 11.8. The third kappa shape index (κ3) is 2.35. The Morgan fingerprint density at radius 2 is 2.08 bits per heavy atom. The minimum atomic E-state index is -4.47. The molecule has 1 heterocycles. The zero-order chi connectivity index (χ0) is 8.48. The van der Waals surface area contributed by atoms with E-state index < -0.39 is 6.30 Å². The van der Waals surface area contributed by atoms with Crippen LogP contribution in [-0.2, 0) is 12.8 Å². The summed E-state index contributed by atoms with van der Waals surface area (Å²) in [5.41, 5.74) is 3.59. The molecule has 0 aliphatic heterocycles. The Morgan fingerprint density at radius 3 is 2.33 bits per heavy atom. The number of rotatable bonds is 1. The predicted octanol–water partition coefficient (Wildman–Crippen LogP) is -3.50. The van der Waals surface area contributed by atoms with Gasteiger partial charge < -0.3 is 18.1 Å². The van der Waals surface area contributed by atoms with Gasteiger partial charge in [-0.1, -0.05) is 5.21 Å². The quantitative estimate of drug-likeness (QED) is 0.514. The Balaban J connectivity index is 0.00000121. The number of alkyl halides is 3. The summed E-state index contributed by atoms with van der Waals surface area (Å²) in [5.74, 6) is 0. The first-order valence-electron chi connectivity index (χ1n) is 2.81. The molecule has 0 radical (unpaired) electrons. The Morgan fingerprint density at radius 1 is 1.50 bits per heavy atom. The molecule has 0 atom stereocenters. The van der Waals surface area contributed by atoms with E-state index in [0.717, 1.165) is 6.20 Å². The first-order valence-corrected chi connectivity index (χ1v) is 2.81. The van der Waals surface area contributed by atoms with E-state index in [4.69, 9.17) is 0 Å². The van der Waals surface area contributed by atoms with Gasteiger partial charge in [0.2, 0.25) is 0 Å². The second-order valence-electron chi connectivity index (χ2n) is 1.87. The highest BCUT2D eigenvalue weighted by Gasteiger charge is 2.32. The van der Waals surface area contributed by atoms with E-state index in [2.05, 4.69) is 16.0 Å². The van der Waals surface area contributed by atoms with Crippen LogP contribution in [0.15, 0.2) is 6.20 Å². The van der Waals surface area contributed by atoms with Crippen molar-refractivity contribution in [3.8, 4) is 0 Å². The Bertz CT molecular complexity index is 245. The Hall–Kier alpha value is -0.820. The summed E-state index contributed by atoms with van der Waals surface area (Å²) < 4.78 is 35.2. The van der Waals surface area contributed by atoms with Crippen molar-refractivity contribution in [3.05, 3.63) is 11.9 Å². The molecule has 0 fully saturated rings. The van der Waals surface area contributed by atoms with Gasteiger partial charge in [-0.2, -0.15) is 4.68 Å². The fourth-order valence-electron chi connectivity index (χ4n) is 0.537. The van der Waals surface area contributed by atoms with E-state index in [1.807, 2.05) is 0 Å². The summed E-state index contributed by atoms with van der Waals surface area (Å²) in [4.78, 5) is 0. The zero-order valence-corrected chi connectivity index (χ0v) is 6.60. The van der Waals surface area contributed by atoms with Crippen LogP contribution in [0.3, 0.4) is 0 Å². The summed E-state index contributed by atoms with van der Waals surface area (Å²) in [5, 5.41) is 6.09. The largest absolute Gasteiger partial charge is 1.00 e. The monoisotopic (exact) mass is 202 g/mol. The van der Waals surface area contributed by atoms with E-state index in [1.165, 1.54) is 0 Å². The zero-order valence-electron chi connectivity index (χ0n) is 5.85. The van der Waals surface area contributed by atoms with E-state index in [-0.39, 0.29) is 29.3 Å². The molecule has 3 N–H and O–H groups in total. The molecule has 4 nitrogen and oxygen atoms in total. The molecule has 1 aromatic heterocycles. The lowest BCUT2D eigenvalue weighted by Gasteiger charge is -2.01. The van der Waals surface area contributed by atoms with Crippen LogP contribution in [0.25, 0.3) is 0 Å². The first-order chi connectivity index (χ1) is 5.04. The molecule has 0 aliphatic rings. The lowest BCUT2D eigenvalue weighted by molar-refractivity contribution is -0.387. The van der Waals surface area contributed by atoms with Crippen LogP contribution in [0.1, 0.15) is 5.69 Å². The molecular weight excluding hydrogens is 197 g/mol. The van der Waals surface area contributed by atoms with Crippen LogP contribution in [0.2, 0.25) is 0 Å². The van der Waals surface area contributed by atoms with Gasteiger partial charge in [0.05, 0.1) is 6.20 Å². The summed E-state index contributed by atoms with van der Waals surface area (Å²) in [6.45, 7) is 0.204. The van der Waals surface area contributed by atoms with Gasteiger partial charge in [-0.15, -0.1) is 18.3 Å². The SMILES string of the molecule is [Cl-].[NH3+]Cc1cn(C(F)(F)F)nn1. The number of quaternary nitrogens is 1. The van der Waals surface area contributed by atoms with Crippen LogP contribution < -0.4 is 18.1 Å². The number of hydrogen-bond acceptors (Lipinski definition) is 2.